The molecule has 8 heteroatoms. The van der Waals surface area contributed by atoms with Crippen LogP contribution in [0.1, 0.15) is 15.2 Å². The molecule has 0 aliphatic rings. The van der Waals surface area contributed by atoms with Gasteiger partial charge in [-0.25, -0.2) is 9.78 Å². The first-order valence-electron chi connectivity index (χ1n) is 7.89. The summed E-state index contributed by atoms with van der Waals surface area (Å²) in [4.78, 5) is 27.9. The van der Waals surface area contributed by atoms with Crippen LogP contribution in [0, 0.1) is 0 Å². The third-order valence-corrected chi connectivity index (χ3v) is 4.91. The Kier molecular flexibility index (Phi) is 5.73. The summed E-state index contributed by atoms with van der Waals surface area (Å²) in [6.45, 7) is 0. The number of halogens is 1. The number of nitrogens with one attached hydrogen (secondary N) is 1. The lowest BCUT2D eigenvalue weighted by Gasteiger charge is -2.04. The number of carboxylic acid groups (broad SMARTS) is 1. The van der Waals surface area contributed by atoms with E-state index in [1.165, 1.54) is 18.4 Å². The van der Waals surface area contributed by atoms with Gasteiger partial charge in [-0.3, -0.25) is 4.79 Å². The third-order valence-electron chi connectivity index (χ3n) is 3.68. The fraction of sp³-hybridized carbons (Fsp3) is 0.105. The lowest BCUT2D eigenvalue weighted by molar-refractivity contribution is -0.136. The predicted molar refractivity (Wildman–Crippen MR) is 105 cm³/mol. The molecule has 0 atom stereocenters. The van der Waals surface area contributed by atoms with Crippen LogP contribution < -0.4 is 5.32 Å². The summed E-state index contributed by atoms with van der Waals surface area (Å²) in [6, 6.07) is 13.8. The number of hydrogen-bond acceptors (Lipinski definition) is 6. The van der Waals surface area contributed by atoms with Crippen molar-refractivity contribution < 1.29 is 19.4 Å². The van der Waals surface area contributed by atoms with Crippen molar-refractivity contribution >= 4 is 45.7 Å². The Morgan fingerprint density at radius 2 is 1.81 bits per heavy atom. The molecule has 0 unspecified atom stereocenters. The predicted octanol–water partition coefficient (Wildman–Crippen LogP) is 4.62. The van der Waals surface area contributed by atoms with E-state index in [4.69, 9.17) is 11.6 Å². The molecule has 0 radical (unpaired) electrons. The van der Waals surface area contributed by atoms with Gasteiger partial charge in [0.1, 0.15) is 0 Å². The molecule has 6 nitrogen and oxygen atoms in total. The van der Waals surface area contributed by atoms with Gasteiger partial charge >= 0.3 is 11.9 Å². The van der Waals surface area contributed by atoms with Gasteiger partial charge in [-0.05, 0) is 36.4 Å². The molecule has 138 valence electrons. The zero-order chi connectivity index (χ0) is 19.4. The van der Waals surface area contributed by atoms with Crippen molar-refractivity contribution in [2.24, 2.45) is 0 Å². The zero-order valence-corrected chi connectivity index (χ0v) is 15.8. The monoisotopic (exact) mass is 402 g/mol. The number of carboxylic acids is 1. The SMILES string of the molecule is COC(=O)c1ccc(Nc2nc(-c3ccc(Cl)cc3)c(CC(=O)O)s2)cc1. The molecule has 0 spiro atoms. The van der Waals surface area contributed by atoms with Gasteiger partial charge in [0.2, 0.25) is 0 Å². The number of anilines is 2. The molecule has 1 aromatic heterocycles. The van der Waals surface area contributed by atoms with Gasteiger partial charge in [-0.15, -0.1) is 11.3 Å². The molecule has 2 aromatic carbocycles. The average molecular weight is 403 g/mol. The van der Waals surface area contributed by atoms with Crippen molar-refractivity contribution in [2.75, 3.05) is 12.4 Å². The Hall–Kier alpha value is -2.90. The van der Waals surface area contributed by atoms with E-state index in [1.54, 1.807) is 48.5 Å². The third kappa shape index (κ3) is 4.64. The lowest BCUT2D eigenvalue weighted by atomic mass is 10.1. The van der Waals surface area contributed by atoms with Gasteiger partial charge in [0.15, 0.2) is 5.13 Å². The van der Waals surface area contributed by atoms with E-state index >= 15 is 0 Å². The first-order valence-corrected chi connectivity index (χ1v) is 9.08. The van der Waals surface area contributed by atoms with Crippen molar-refractivity contribution in [3.8, 4) is 11.3 Å². The summed E-state index contributed by atoms with van der Waals surface area (Å²) in [5, 5.41) is 13.5. The fourth-order valence-corrected chi connectivity index (χ4v) is 3.55. The molecule has 0 saturated heterocycles. The number of carbonyl (C=O) groups excluding carboxylic acids is 1. The number of hydrogen-bond donors (Lipinski definition) is 2. The maximum Gasteiger partial charge on any atom is 0.337 e. The molecule has 0 fully saturated rings. The standard InChI is InChI=1S/C19H15ClN2O4S/c1-26-18(25)12-4-8-14(9-5-12)21-19-22-17(15(27-19)10-16(23)24)11-2-6-13(20)7-3-11/h2-9H,10H2,1H3,(H,21,22)(H,23,24). The number of methoxy groups -OCH3 is 1. The van der Waals surface area contributed by atoms with Crippen LogP contribution in [0.5, 0.6) is 0 Å². The van der Waals surface area contributed by atoms with Gasteiger partial charge in [-0.2, -0.15) is 0 Å². The van der Waals surface area contributed by atoms with Crippen molar-refractivity contribution in [3.05, 3.63) is 64.0 Å². The number of aromatic nitrogens is 1. The van der Waals surface area contributed by atoms with Crippen LogP contribution in [0.4, 0.5) is 10.8 Å². The molecule has 0 saturated carbocycles. The maximum absolute atomic E-state index is 11.5. The van der Waals surface area contributed by atoms with Gasteiger partial charge < -0.3 is 15.2 Å². The molecule has 0 aliphatic heterocycles. The van der Waals surface area contributed by atoms with Crippen LogP contribution in [0.15, 0.2) is 48.5 Å². The number of rotatable bonds is 6. The van der Waals surface area contributed by atoms with E-state index in [1.807, 2.05) is 0 Å². The van der Waals surface area contributed by atoms with Crippen molar-refractivity contribution in [1.82, 2.24) is 4.98 Å². The van der Waals surface area contributed by atoms with E-state index in [0.717, 1.165) is 11.3 Å². The molecular formula is C19H15ClN2O4S. The number of ether oxygens (including phenoxy) is 1. The average Bonchev–Trinajstić information content (AvgIpc) is 3.03. The highest BCUT2D eigenvalue weighted by Crippen LogP contribution is 2.33. The minimum Gasteiger partial charge on any atom is -0.481 e. The number of aliphatic carboxylic acids is 1. The topological polar surface area (TPSA) is 88.5 Å². The molecule has 27 heavy (non-hydrogen) atoms. The maximum atomic E-state index is 11.5. The Balaban J connectivity index is 1.88. The molecule has 0 aliphatic carbocycles. The second kappa shape index (κ2) is 8.20. The summed E-state index contributed by atoms with van der Waals surface area (Å²) in [5.74, 6) is -1.34. The quantitative estimate of drug-likeness (QED) is 0.585. The molecule has 2 N–H and O–H groups in total. The van der Waals surface area contributed by atoms with Crippen LogP contribution in [0.3, 0.4) is 0 Å². The summed E-state index contributed by atoms with van der Waals surface area (Å²) in [5.41, 5.74) is 2.56. The number of benzene rings is 2. The number of esters is 1. The van der Waals surface area contributed by atoms with Crippen LogP contribution in [-0.2, 0) is 16.0 Å². The van der Waals surface area contributed by atoms with Gasteiger partial charge in [0, 0.05) is 21.2 Å². The number of carbonyl (C=O) groups is 2. The van der Waals surface area contributed by atoms with Crippen LogP contribution in [0.2, 0.25) is 5.02 Å². The largest absolute Gasteiger partial charge is 0.481 e. The molecule has 0 bridgehead atoms. The summed E-state index contributed by atoms with van der Waals surface area (Å²) in [7, 11) is 1.33. The zero-order valence-electron chi connectivity index (χ0n) is 14.2. The highest BCUT2D eigenvalue weighted by Gasteiger charge is 2.16. The molecule has 3 rings (SSSR count). The van der Waals surface area contributed by atoms with Crippen molar-refractivity contribution in [1.29, 1.82) is 0 Å². The van der Waals surface area contributed by atoms with E-state index < -0.39 is 11.9 Å². The van der Waals surface area contributed by atoms with Crippen LogP contribution in [0.25, 0.3) is 11.3 Å². The van der Waals surface area contributed by atoms with E-state index in [2.05, 4.69) is 15.0 Å². The van der Waals surface area contributed by atoms with Crippen molar-refractivity contribution in [3.63, 3.8) is 0 Å². The van der Waals surface area contributed by atoms with E-state index in [9.17, 15) is 14.7 Å². The Morgan fingerprint density at radius 1 is 1.15 bits per heavy atom. The highest BCUT2D eigenvalue weighted by molar-refractivity contribution is 7.16. The normalized spacial score (nSPS) is 10.4. The van der Waals surface area contributed by atoms with Crippen molar-refractivity contribution in [2.45, 2.75) is 6.42 Å². The first-order chi connectivity index (χ1) is 13.0. The fourth-order valence-electron chi connectivity index (χ4n) is 2.43. The summed E-state index contributed by atoms with van der Waals surface area (Å²) in [6.07, 6.45) is -0.126. The van der Waals surface area contributed by atoms with E-state index in [-0.39, 0.29) is 6.42 Å². The number of thiazole rings is 1. The molecular weight excluding hydrogens is 388 g/mol. The first kappa shape index (κ1) is 18.9. The van der Waals surface area contributed by atoms with Gasteiger partial charge in [0.25, 0.3) is 0 Å². The minimum absolute atomic E-state index is 0.126. The lowest BCUT2D eigenvalue weighted by Crippen LogP contribution is -2.00. The van der Waals surface area contributed by atoms with Gasteiger partial charge in [0.05, 0.1) is 24.8 Å². The smallest absolute Gasteiger partial charge is 0.337 e. The Labute approximate surface area is 164 Å². The molecule has 1 heterocycles. The minimum atomic E-state index is -0.928. The summed E-state index contributed by atoms with van der Waals surface area (Å²) >= 11 is 7.19. The van der Waals surface area contributed by atoms with Crippen LogP contribution >= 0.6 is 22.9 Å². The molecule has 3 aromatic rings. The second-order valence-electron chi connectivity index (χ2n) is 5.56. The summed E-state index contributed by atoms with van der Waals surface area (Å²) < 4.78 is 4.67. The number of nitrogens with zero attached hydrogens (tertiary/aromatic N) is 1. The van der Waals surface area contributed by atoms with E-state index in [0.29, 0.717) is 26.3 Å². The highest BCUT2D eigenvalue weighted by atomic mass is 35.5. The second-order valence-corrected chi connectivity index (χ2v) is 7.08. The Morgan fingerprint density at radius 3 is 2.41 bits per heavy atom. The van der Waals surface area contributed by atoms with Gasteiger partial charge in [-0.1, -0.05) is 23.7 Å². The Bertz CT molecular complexity index is 968. The van der Waals surface area contributed by atoms with Crippen LogP contribution in [-0.4, -0.2) is 29.1 Å². The molecule has 0 amide bonds.